The SMILES string of the molecule is C1CCCCC1.CCC.CCC.[2HH]. The highest BCUT2D eigenvalue weighted by molar-refractivity contribution is 4.51. The van der Waals surface area contributed by atoms with Gasteiger partial charge in [-0.2, -0.15) is 0 Å². The molecule has 0 nitrogen and oxygen atoms in total. The van der Waals surface area contributed by atoms with Gasteiger partial charge in [0.15, 0.2) is 0 Å². The summed E-state index contributed by atoms with van der Waals surface area (Å²) in [5.74, 6) is 0. The average Bonchev–Trinajstić information content (AvgIpc) is 2.10. The van der Waals surface area contributed by atoms with Crippen molar-refractivity contribution in [1.82, 2.24) is 0 Å². The van der Waals surface area contributed by atoms with Crippen molar-refractivity contribution in [2.45, 2.75) is 79.1 Å². The van der Waals surface area contributed by atoms with Gasteiger partial charge in [0, 0.05) is 1.43 Å². The first-order valence-corrected chi connectivity index (χ1v) is 5.83. The van der Waals surface area contributed by atoms with E-state index in [0.29, 0.717) is 0 Å². The first-order chi connectivity index (χ1) is 5.83. The summed E-state index contributed by atoms with van der Waals surface area (Å²) in [6.07, 6.45) is 11.5. The van der Waals surface area contributed by atoms with Crippen LogP contribution in [0.15, 0.2) is 0 Å². The first-order valence-electron chi connectivity index (χ1n) is 5.83. The molecule has 1 aliphatic carbocycles. The second kappa shape index (κ2) is 17.2. The van der Waals surface area contributed by atoms with Crippen molar-refractivity contribution in [3.05, 3.63) is 0 Å². The topological polar surface area (TPSA) is 0 Å². The van der Waals surface area contributed by atoms with E-state index in [1.165, 1.54) is 51.4 Å². The van der Waals surface area contributed by atoms with E-state index in [-0.39, 0.29) is 1.43 Å². The predicted octanol–water partition coefficient (Wildman–Crippen LogP) is 5.42. The molecule has 0 heterocycles. The Balaban J connectivity index is -0.000000126. The van der Waals surface area contributed by atoms with E-state index in [9.17, 15) is 0 Å². The highest BCUT2D eigenvalue weighted by atomic mass is 14.0. The minimum atomic E-state index is 0. The van der Waals surface area contributed by atoms with Gasteiger partial charge in [0.25, 0.3) is 0 Å². The maximum absolute atomic E-state index is 2.12. The molecule has 0 aromatic carbocycles. The molecule has 0 saturated heterocycles. The van der Waals surface area contributed by atoms with E-state index in [1.54, 1.807) is 0 Å². The molecule has 0 radical (unpaired) electrons. The summed E-state index contributed by atoms with van der Waals surface area (Å²) in [6.45, 7) is 8.50. The molecule has 0 aliphatic heterocycles. The predicted molar refractivity (Wildman–Crippen MR) is 61.7 cm³/mol. The lowest BCUT2D eigenvalue weighted by Crippen LogP contribution is -1.85. The fraction of sp³-hybridized carbons (Fsp3) is 1.00. The van der Waals surface area contributed by atoms with Crippen LogP contribution in [0.4, 0.5) is 0 Å². The lowest BCUT2D eigenvalue weighted by Gasteiger charge is -2.05. The van der Waals surface area contributed by atoms with E-state index in [2.05, 4.69) is 27.7 Å². The van der Waals surface area contributed by atoms with Gasteiger partial charge in [-0.1, -0.05) is 79.1 Å². The van der Waals surface area contributed by atoms with Gasteiger partial charge >= 0.3 is 0 Å². The van der Waals surface area contributed by atoms with E-state index in [1.807, 2.05) is 0 Å². The van der Waals surface area contributed by atoms with Crippen molar-refractivity contribution in [3.8, 4) is 0 Å². The molecular formula is C12H30. The van der Waals surface area contributed by atoms with Crippen LogP contribution in [0.5, 0.6) is 0 Å². The zero-order valence-electron chi connectivity index (χ0n) is 9.66. The second-order valence-corrected chi connectivity index (χ2v) is 3.54. The van der Waals surface area contributed by atoms with E-state index < -0.39 is 0 Å². The van der Waals surface area contributed by atoms with Gasteiger partial charge in [0.2, 0.25) is 0 Å². The highest BCUT2D eigenvalue weighted by Gasteiger charge is 1.95. The van der Waals surface area contributed by atoms with Crippen LogP contribution in [0.25, 0.3) is 0 Å². The van der Waals surface area contributed by atoms with Crippen LogP contribution in [0.2, 0.25) is 0 Å². The molecule has 0 aromatic heterocycles. The molecule has 0 bridgehead atoms. The Morgan fingerprint density at radius 1 is 0.583 bits per heavy atom. The average molecular weight is 175 g/mol. The first kappa shape index (κ1) is 14.5. The lowest BCUT2D eigenvalue weighted by atomic mass is 10.0. The number of hydrogen-bond donors (Lipinski definition) is 0. The minimum absolute atomic E-state index is 0. The van der Waals surface area contributed by atoms with Crippen molar-refractivity contribution < 1.29 is 1.43 Å². The maximum Gasteiger partial charge on any atom is 0 e. The lowest BCUT2D eigenvalue weighted by molar-refractivity contribution is 0.504. The standard InChI is InChI=1S/C6H12.2C3H8.H2/c1-2-4-6-5-3-1;2*1-3-2;/h1-6H2;2*3H2,1-2H3;1H/i;;;1+1. The maximum atomic E-state index is 2.12. The number of rotatable bonds is 0. The molecule has 1 aliphatic rings. The van der Waals surface area contributed by atoms with Gasteiger partial charge in [-0.25, -0.2) is 0 Å². The van der Waals surface area contributed by atoms with Crippen LogP contribution in [0.1, 0.15) is 80.5 Å². The van der Waals surface area contributed by atoms with Gasteiger partial charge in [-0.3, -0.25) is 0 Å². The van der Waals surface area contributed by atoms with Crippen molar-refractivity contribution in [2.75, 3.05) is 0 Å². The monoisotopic (exact) mass is 175 g/mol. The van der Waals surface area contributed by atoms with E-state index in [0.717, 1.165) is 0 Å². The molecule has 78 valence electrons. The molecule has 0 heteroatoms. The normalized spacial score (nSPS) is 15.0. The van der Waals surface area contributed by atoms with E-state index in [4.69, 9.17) is 0 Å². The summed E-state index contributed by atoms with van der Waals surface area (Å²) >= 11 is 0. The third kappa shape index (κ3) is 22.5. The van der Waals surface area contributed by atoms with Crippen LogP contribution in [-0.4, -0.2) is 0 Å². The van der Waals surface area contributed by atoms with Crippen LogP contribution in [0, 0.1) is 0 Å². The molecular weight excluding hydrogens is 144 g/mol. The zero-order valence-corrected chi connectivity index (χ0v) is 9.66. The Morgan fingerprint density at radius 3 is 0.750 bits per heavy atom. The summed E-state index contributed by atoms with van der Waals surface area (Å²) in [7, 11) is 0. The van der Waals surface area contributed by atoms with Crippen molar-refractivity contribution in [1.29, 1.82) is 0 Å². The fourth-order valence-corrected chi connectivity index (χ4v) is 1.06. The Labute approximate surface area is 81.2 Å². The Bertz CT molecular complexity index is 35.6. The van der Waals surface area contributed by atoms with Crippen LogP contribution in [0.3, 0.4) is 0 Å². The van der Waals surface area contributed by atoms with Crippen molar-refractivity contribution >= 4 is 0 Å². The molecule has 0 aromatic rings. The molecule has 0 amide bonds. The minimum Gasteiger partial charge on any atom is -0.0656 e. The molecule has 1 rings (SSSR count). The third-order valence-electron chi connectivity index (χ3n) is 1.50. The highest BCUT2D eigenvalue weighted by Crippen LogP contribution is 2.15. The van der Waals surface area contributed by atoms with Gasteiger partial charge < -0.3 is 0 Å². The quantitative estimate of drug-likeness (QED) is 0.461. The zero-order chi connectivity index (χ0) is 9.66. The van der Waals surface area contributed by atoms with Crippen LogP contribution >= 0.6 is 0 Å². The molecule has 1 fully saturated rings. The largest absolute Gasteiger partial charge is 0.0656 e. The van der Waals surface area contributed by atoms with Gasteiger partial charge in [-0.15, -0.1) is 0 Å². The number of hydrogen-bond acceptors (Lipinski definition) is 0. The van der Waals surface area contributed by atoms with Gasteiger partial charge in [-0.05, 0) is 0 Å². The van der Waals surface area contributed by atoms with Crippen LogP contribution in [-0.2, 0) is 0 Å². The fourth-order valence-electron chi connectivity index (χ4n) is 1.06. The molecule has 0 atom stereocenters. The van der Waals surface area contributed by atoms with E-state index >= 15 is 0 Å². The molecule has 0 N–H and O–H groups in total. The summed E-state index contributed by atoms with van der Waals surface area (Å²) in [4.78, 5) is 0. The second-order valence-electron chi connectivity index (χ2n) is 3.54. The van der Waals surface area contributed by atoms with Gasteiger partial charge in [0.05, 0.1) is 0 Å². The van der Waals surface area contributed by atoms with Crippen LogP contribution < -0.4 is 0 Å². The van der Waals surface area contributed by atoms with Gasteiger partial charge in [0.1, 0.15) is 0 Å². The summed E-state index contributed by atoms with van der Waals surface area (Å²) in [5, 5.41) is 0. The Hall–Kier alpha value is 0. The van der Waals surface area contributed by atoms with Crippen molar-refractivity contribution in [3.63, 3.8) is 0 Å². The molecule has 1 saturated carbocycles. The molecule has 12 heavy (non-hydrogen) atoms. The summed E-state index contributed by atoms with van der Waals surface area (Å²) in [5.41, 5.74) is 0. The Kier molecular flexibility index (Phi) is 20.8. The third-order valence-corrected chi connectivity index (χ3v) is 1.50. The van der Waals surface area contributed by atoms with Crippen molar-refractivity contribution in [2.24, 2.45) is 0 Å². The Morgan fingerprint density at radius 2 is 0.667 bits per heavy atom. The molecule has 0 unspecified atom stereocenters. The summed E-state index contributed by atoms with van der Waals surface area (Å²) < 4.78 is 0. The smallest absolute Gasteiger partial charge is 0 e. The molecule has 0 spiro atoms. The summed E-state index contributed by atoms with van der Waals surface area (Å²) in [6, 6.07) is 0.